The second kappa shape index (κ2) is 13.7. The molecule has 0 saturated heterocycles. The van der Waals surface area contributed by atoms with Crippen molar-refractivity contribution >= 4 is 65.9 Å². The fraction of sp³-hybridized carbons (Fsp3) is 0.429. The van der Waals surface area contributed by atoms with Crippen LogP contribution in [0.3, 0.4) is 0 Å². The summed E-state index contributed by atoms with van der Waals surface area (Å²) in [7, 11) is 3.26. The zero-order valence-corrected chi connectivity index (χ0v) is 24.2. The van der Waals surface area contributed by atoms with Gasteiger partial charge < -0.3 is 28.4 Å². The molecule has 2 atom stereocenters. The van der Waals surface area contributed by atoms with Gasteiger partial charge in [-0.05, 0) is 31.9 Å². The average molecular weight is 738 g/mol. The molecule has 214 valence electrons. The van der Waals surface area contributed by atoms with Crippen LogP contribution < -0.4 is 28.4 Å². The zero-order valence-electron chi connectivity index (χ0n) is 18.6. The summed E-state index contributed by atoms with van der Waals surface area (Å²) in [6.45, 7) is -0.981. The number of hydrogen-bond acceptors (Lipinski definition) is 9. The molecule has 0 bridgehead atoms. The van der Waals surface area contributed by atoms with Crippen molar-refractivity contribution in [3.05, 3.63) is 29.1 Å². The Morgan fingerprint density at radius 2 is 1.21 bits per heavy atom. The third kappa shape index (κ3) is 8.22. The van der Waals surface area contributed by atoms with Gasteiger partial charge in [-0.15, -0.1) is 34.0 Å². The molecule has 2 unspecified atom stereocenters. The largest absolute Gasteiger partial charge is 0.492 e. The van der Waals surface area contributed by atoms with E-state index in [1.807, 2.05) is 10.8 Å². The summed E-state index contributed by atoms with van der Waals surface area (Å²) in [6, 6.07) is 0. The van der Waals surface area contributed by atoms with Crippen LogP contribution in [-0.2, 0) is 0 Å². The number of fused-ring (bicyclic) bond motifs is 2. The van der Waals surface area contributed by atoms with Crippen LogP contribution in [0.1, 0.15) is 7.43 Å². The first-order chi connectivity index (χ1) is 17.3. The molecule has 6 nitrogen and oxygen atoms in total. The van der Waals surface area contributed by atoms with Crippen LogP contribution in [0.5, 0.6) is 34.5 Å². The highest BCUT2D eigenvalue weighted by Gasteiger charge is 2.46. The van der Waals surface area contributed by atoms with Crippen LogP contribution in [-0.4, -0.2) is 52.0 Å². The lowest BCUT2D eigenvalue weighted by Gasteiger charge is -2.26. The minimum Gasteiger partial charge on any atom is -0.492 e. The molecule has 0 spiro atoms. The summed E-state index contributed by atoms with van der Waals surface area (Å²) in [5.74, 6) is 2.63. The Morgan fingerprint density at radius 3 is 1.76 bits per heavy atom. The molecular formula is C21H20Br2F6O6S3. The van der Waals surface area contributed by atoms with E-state index in [1.54, 1.807) is 30.9 Å². The molecule has 2 aliphatic heterocycles. The summed E-state index contributed by atoms with van der Waals surface area (Å²) >= 11 is 10.3. The number of halogens is 8. The maximum absolute atomic E-state index is 12.3. The van der Waals surface area contributed by atoms with Crippen molar-refractivity contribution in [1.29, 1.82) is 0 Å². The van der Waals surface area contributed by atoms with Gasteiger partial charge in [0.25, 0.3) is 0 Å². The van der Waals surface area contributed by atoms with Crippen molar-refractivity contribution in [2.24, 2.45) is 0 Å². The third-order valence-corrected chi connectivity index (χ3v) is 8.22. The predicted octanol–water partition coefficient (Wildman–Crippen LogP) is 8.83. The normalized spacial score (nSPS) is 17.6. The van der Waals surface area contributed by atoms with E-state index in [4.69, 9.17) is 28.4 Å². The van der Waals surface area contributed by atoms with Gasteiger partial charge >= 0.3 is 12.4 Å². The maximum Gasteiger partial charge on any atom is 0.428 e. The Morgan fingerprint density at radius 1 is 0.737 bits per heavy atom. The molecule has 3 aromatic rings. The average Bonchev–Trinajstić information content (AvgIpc) is 3.57. The molecule has 0 aromatic carbocycles. The van der Waals surface area contributed by atoms with Crippen LogP contribution in [0.25, 0.3) is 0 Å². The van der Waals surface area contributed by atoms with E-state index in [2.05, 4.69) is 31.9 Å². The molecule has 17 heteroatoms. The minimum absolute atomic E-state index is 0. The second-order valence-electron chi connectivity index (χ2n) is 6.83. The molecule has 5 rings (SSSR count). The Hall–Kier alpha value is -1.56. The Bertz CT molecular complexity index is 1140. The molecule has 0 radical (unpaired) electrons. The highest BCUT2D eigenvalue weighted by molar-refractivity contribution is 9.12. The molecular weight excluding hydrogens is 718 g/mol. The molecule has 3 aromatic heterocycles. The van der Waals surface area contributed by atoms with Crippen molar-refractivity contribution in [2.45, 2.75) is 32.0 Å². The first kappa shape index (κ1) is 32.7. The minimum atomic E-state index is -4.41. The van der Waals surface area contributed by atoms with Crippen molar-refractivity contribution < 1.29 is 54.8 Å². The van der Waals surface area contributed by atoms with Crippen molar-refractivity contribution in [1.82, 2.24) is 0 Å². The van der Waals surface area contributed by atoms with Gasteiger partial charge in [-0.3, -0.25) is 0 Å². The molecule has 0 amide bonds. The summed E-state index contributed by atoms with van der Waals surface area (Å²) in [5, 5.41) is 6.91. The van der Waals surface area contributed by atoms with E-state index in [-0.39, 0.29) is 18.9 Å². The lowest BCUT2D eigenvalue weighted by atomic mass is 10.3. The fourth-order valence-electron chi connectivity index (χ4n) is 2.62. The lowest BCUT2D eigenvalue weighted by Crippen LogP contribution is -2.41. The molecule has 0 fully saturated rings. The van der Waals surface area contributed by atoms with Gasteiger partial charge in [0, 0.05) is 21.5 Å². The van der Waals surface area contributed by atoms with Crippen molar-refractivity contribution in [2.75, 3.05) is 27.4 Å². The van der Waals surface area contributed by atoms with E-state index in [1.165, 1.54) is 28.1 Å². The van der Waals surface area contributed by atoms with Gasteiger partial charge in [0.1, 0.15) is 20.8 Å². The van der Waals surface area contributed by atoms with E-state index in [0.29, 0.717) is 19.1 Å². The topological polar surface area (TPSA) is 55.4 Å². The highest BCUT2D eigenvalue weighted by Crippen LogP contribution is 2.51. The summed E-state index contributed by atoms with van der Waals surface area (Å²) in [4.78, 5) is 0. The monoisotopic (exact) mass is 736 g/mol. The highest BCUT2D eigenvalue weighted by atomic mass is 79.9. The predicted molar refractivity (Wildman–Crippen MR) is 140 cm³/mol. The molecule has 0 saturated carbocycles. The quantitative estimate of drug-likeness (QED) is 0.245. The smallest absolute Gasteiger partial charge is 0.428 e. The molecule has 0 N–H and O–H groups in total. The summed E-state index contributed by atoms with van der Waals surface area (Å²) in [5.41, 5.74) is 0. The van der Waals surface area contributed by atoms with Gasteiger partial charge in [0.15, 0.2) is 34.5 Å². The Labute approximate surface area is 242 Å². The van der Waals surface area contributed by atoms with Gasteiger partial charge in [-0.1, -0.05) is 7.43 Å². The Balaban J connectivity index is 0.000000204. The van der Waals surface area contributed by atoms with E-state index < -0.39 is 37.8 Å². The van der Waals surface area contributed by atoms with Crippen molar-refractivity contribution in [3.63, 3.8) is 0 Å². The van der Waals surface area contributed by atoms with Gasteiger partial charge in [-0.25, -0.2) is 0 Å². The van der Waals surface area contributed by atoms with E-state index in [9.17, 15) is 26.3 Å². The molecule has 5 heterocycles. The fourth-order valence-corrected chi connectivity index (χ4v) is 6.86. The SMILES string of the molecule is C.COc1cscc1OC.FC(F)(F)C1COc2c(Br)sc(Br)c2O1.FC(F)(F)C1COc2cscc2O1. The van der Waals surface area contributed by atoms with Gasteiger partial charge in [-0.2, -0.15) is 26.3 Å². The zero-order chi connectivity index (χ0) is 27.4. The first-order valence-electron chi connectivity index (χ1n) is 9.75. The number of ether oxygens (including phenoxy) is 6. The standard InChI is InChI=1S/C7H3Br2F3O2S.C7H5F3O2S.C6H8O2S.CH4/c8-5-3-4(6(9)15-5)14-2(1-13-3)7(10,11)12;8-7(9,10)6-1-11-4-2-13-3-5(4)12-6;1-7-5-3-9-4-6(5)8-2;/h2H,1H2;2-3,6H,1H2;3-4H,1-2H3;1H4. The van der Waals surface area contributed by atoms with Gasteiger partial charge in [0.2, 0.25) is 12.2 Å². The van der Waals surface area contributed by atoms with Crippen LogP contribution in [0.2, 0.25) is 0 Å². The van der Waals surface area contributed by atoms with Crippen LogP contribution >= 0.6 is 65.9 Å². The first-order valence-corrected chi connectivity index (χ1v) is 14.0. The molecule has 38 heavy (non-hydrogen) atoms. The third-order valence-electron chi connectivity index (χ3n) is 4.40. The summed E-state index contributed by atoms with van der Waals surface area (Å²) < 4.78 is 104. The molecule has 2 aliphatic rings. The number of thiophene rings is 3. The van der Waals surface area contributed by atoms with Crippen LogP contribution in [0.4, 0.5) is 26.3 Å². The van der Waals surface area contributed by atoms with Gasteiger partial charge in [0.05, 0.1) is 14.2 Å². The number of alkyl halides is 6. The molecule has 0 aliphatic carbocycles. The maximum atomic E-state index is 12.3. The summed E-state index contributed by atoms with van der Waals surface area (Å²) in [6.07, 6.45) is -12.5. The Kier molecular flexibility index (Phi) is 11.8. The van der Waals surface area contributed by atoms with Crippen LogP contribution in [0.15, 0.2) is 29.1 Å². The number of hydrogen-bond donors (Lipinski definition) is 0. The second-order valence-corrected chi connectivity index (χ2v) is 12.0. The van der Waals surface area contributed by atoms with E-state index in [0.717, 1.165) is 11.5 Å². The van der Waals surface area contributed by atoms with Crippen LogP contribution in [0, 0.1) is 0 Å². The lowest BCUT2D eigenvalue weighted by molar-refractivity contribution is -0.207. The number of rotatable bonds is 2. The van der Waals surface area contributed by atoms with E-state index >= 15 is 0 Å². The number of methoxy groups -OCH3 is 2. The van der Waals surface area contributed by atoms with Crippen molar-refractivity contribution in [3.8, 4) is 34.5 Å².